The van der Waals surface area contributed by atoms with E-state index in [2.05, 4.69) is 40.9 Å². The van der Waals surface area contributed by atoms with Crippen LogP contribution >= 0.6 is 15.9 Å². The topological polar surface area (TPSA) is 79.7 Å². The Bertz CT molecular complexity index is 990. The molecule has 1 saturated carbocycles. The van der Waals surface area contributed by atoms with Crippen molar-refractivity contribution in [2.45, 2.75) is 37.6 Å². The van der Waals surface area contributed by atoms with E-state index in [0.29, 0.717) is 18.3 Å². The monoisotopic (exact) mass is 440 g/mol. The molecule has 3 heterocycles. The maximum atomic E-state index is 13.0. The van der Waals surface area contributed by atoms with E-state index >= 15 is 0 Å². The Morgan fingerprint density at radius 3 is 2.79 bits per heavy atom. The van der Waals surface area contributed by atoms with E-state index < -0.39 is 0 Å². The molecule has 2 aliphatic rings. The summed E-state index contributed by atoms with van der Waals surface area (Å²) in [6, 6.07) is 10.3. The Morgan fingerprint density at radius 2 is 2.00 bits per heavy atom. The Labute approximate surface area is 171 Å². The van der Waals surface area contributed by atoms with Gasteiger partial charge in [0.15, 0.2) is 0 Å². The van der Waals surface area contributed by atoms with Gasteiger partial charge in [0, 0.05) is 35.1 Å². The molecule has 28 heavy (non-hydrogen) atoms. The molecule has 3 aromatic rings. The molecule has 8 heteroatoms. The fourth-order valence-corrected chi connectivity index (χ4v) is 4.18. The van der Waals surface area contributed by atoms with Crippen LogP contribution in [0.5, 0.6) is 0 Å². The molecule has 2 aromatic heterocycles. The van der Waals surface area contributed by atoms with Gasteiger partial charge in [0.25, 0.3) is 5.91 Å². The second-order valence-electron chi connectivity index (χ2n) is 7.59. The van der Waals surface area contributed by atoms with Gasteiger partial charge in [-0.25, -0.2) is 0 Å². The van der Waals surface area contributed by atoms with Crippen LogP contribution in [0.4, 0.5) is 0 Å². The summed E-state index contributed by atoms with van der Waals surface area (Å²) < 4.78 is 3.22. The number of likely N-dealkylation sites (tertiary alicyclic amines) is 1. The van der Waals surface area contributed by atoms with Gasteiger partial charge in [-0.1, -0.05) is 28.1 Å². The van der Waals surface area contributed by atoms with Gasteiger partial charge in [-0.3, -0.25) is 9.89 Å². The van der Waals surface area contributed by atoms with E-state index in [1.807, 2.05) is 41.6 Å². The molecule has 0 radical (unpaired) electrons. The normalized spacial score (nSPS) is 19.8. The van der Waals surface area contributed by atoms with Crippen LogP contribution in [0.3, 0.4) is 0 Å². The standard InChI is InChI=1S/C20H21BrN6O/c21-15-5-3-13(4-6-15)17-10-18(24-23-17)20(28)26-9-1-2-14(11-26)19-25-22-12-27(19)16-7-8-16/h3-6,10,12,14,16H,1-2,7-9,11H2,(H,23,24). The number of halogens is 1. The molecule has 1 atom stereocenters. The number of piperidine rings is 1. The van der Waals surface area contributed by atoms with Gasteiger partial charge in [0.2, 0.25) is 0 Å². The molecule has 0 spiro atoms. The predicted octanol–water partition coefficient (Wildman–Crippen LogP) is 3.79. The van der Waals surface area contributed by atoms with Crippen LogP contribution in [0.25, 0.3) is 11.3 Å². The number of aromatic nitrogens is 5. The Balaban J connectivity index is 1.32. The first-order valence-electron chi connectivity index (χ1n) is 9.69. The second kappa shape index (κ2) is 7.16. The van der Waals surface area contributed by atoms with Crippen LogP contribution in [-0.2, 0) is 0 Å². The smallest absolute Gasteiger partial charge is 0.271 e. The summed E-state index contributed by atoms with van der Waals surface area (Å²) >= 11 is 3.44. The summed E-state index contributed by atoms with van der Waals surface area (Å²) in [4.78, 5) is 15.0. The maximum Gasteiger partial charge on any atom is 0.271 e. The lowest BCUT2D eigenvalue weighted by molar-refractivity contribution is 0.0697. The van der Waals surface area contributed by atoms with Crippen molar-refractivity contribution in [2.75, 3.05) is 13.1 Å². The third kappa shape index (κ3) is 3.37. The van der Waals surface area contributed by atoms with Gasteiger partial charge >= 0.3 is 0 Å². The zero-order chi connectivity index (χ0) is 19.1. The number of nitrogens with one attached hydrogen (secondary N) is 1. The van der Waals surface area contributed by atoms with Gasteiger partial charge < -0.3 is 9.47 Å². The summed E-state index contributed by atoms with van der Waals surface area (Å²) in [7, 11) is 0. The Morgan fingerprint density at radius 1 is 1.18 bits per heavy atom. The summed E-state index contributed by atoms with van der Waals surface area (Å²) in [6.07, 6.45) is 6.26. The SMILES string of the molecule is O=C(c1cc(-c2ccc(Br)cc2)n[nH]1)N1CCCC(c2nncn2C2CC2)C1. The summed E-state index contributed by atoms with van der Waals surface area (Å²) in [5.74, 6) is 1.27. The van der Waals surface area contributed by atoms with E-state index in [-0.39, 0.29) is 11.8 Å². The van der Waals surface area contributed by atoms with Gasteiger partial charge in [-0.2, -0.15) is 5.10 Å². The first-order valence-corrected chi connectivity index (χ1v) is 10.5. The van der Waals surface area contributed by atoms with E-state index in [0.717, 1.165) is 40.9 Å². The summed E-state index contributed by atoms with van der Waals surface area (Å²) in [6.45, 7) is 1.44. The average molecular weight is 441 g/mol. The van der Waals surface area contributed by atoms with Crippen LogP contribution in [0.15, 0.2) is 41.1 Å². The molecule has 1 saturated heterocycles. The number of hydrogen-bond acceptors (Lipinski definition) is 4. The lowest BCUT2D eigenvalue weighted by Gasteiger charge is -2.32. The van der Waals surface area contributed by atoms with Crippen LogP contribution in [-0.4, -0.2) is 48.9 Å². The van der Waals surface area contributed by atoms with Gasteiger partial charge in [0.1, 0.15) is 17.8 Å². The number of carbonyl (C=O) groups is 1. The molecular formula is C20H21BrN6O. The van der Waals surface area contributed by atoms with Crippen molar-refractivity contribution in [3.63, 3.8) is 0 Å². The molecule has 144 valence electrons. The minimum atomic E-state index is -0.00181. The highest BCUT2D eigenvalue weighted by Gasteiger charge is 2.33. The highest BCUT2D eigenvalue weighted by Crippen LogP contribution is 2.38. The minimum Gasteiger partial charge on any atom is -0.337 e. The van der Waals surface area contributed by atoms with E-state index in [4.69, 9.17) is 0 Å². The fraction of sp³-hybridized carbons (Fsp3) is 0.400. The molecule has 1 amide bonds. The van der Waals surface area contributed by atoms with E-state index in [9.17, 15) is 4.79 Å². The lowest BCUT2D eigenvalue weighted by Crippen LogP contribution is -2.40. The maximum absolute atomic E-state index is 13.0. The largest absolute Gasteiger partial charge is 0.337 e. The van der Waals surface area contributed by atoms with E-state index in [1.54, 1.807) is 0 Å². The van der Waals surface area contributed by atoms with Crippen LogP contribution < -0.4 is 0 Å². The van der Waals surface area contributed by atoms with Crippen LogP contribution in [0.1, 0.15) is 54.0 Å². The number of hydrogen-bond donors (Lipinski definition) is 1. The number of carbonyl (C=O) groups excluding carboxylic acids is 1. The number of H-pyrrole nitrogens is 1. The molecule has 1 N–H and O–H groups in total. The van der Waals surface area contributed by atoms with Gasteiger partial charge in [-0.15, -0.1) is 10.2 Å². The number of nitrogens with zero attached hydrogens (tertiary/aromatic N) is 5. The van der Waals surface area contributed by atoms with Gasteiger partial charge in [0.05, 0.1) is 5.69 Å². The van der Waals surface area contributed by atoms with Crippen molar-refractivity contribution in [3.05, 3.63) is 52.7 Å². The molecule has 5 rings (SSSR count). The first-order chi connectivity index (χ1) is 13.7. The number of amides is 1. The Hall–Kier alpha value is -2.48. The van der Waals surface area contributed by atoms with Crippen molar-refractivity contribution < 1.29 is 4.79 Å². The van der Waals surface area contributed by atoms with Crippen molar-refractivity contribution in [2.24, 2.45) is 0 Å². The molecule has 0 bridgehead atoms. The number of aromatic amines is 1. The molecular weight excluding hydrogens is 420 g/mol. The zero-order valence-corrected chi connectivity index (χ0v) is 17.0. The lowest BCUT2D eigenvalue weighted by atomic mass is 9.96. The summed E-state index contributed by atoms with van der Waals surface area (Å²) in [5.41, 5.74) is 2.28. The van der Waals surface area contributed by atoms with Crippen molar-refractivity contribution in [1.29, 1.82) is 0 Å². The quantitative estimate of drug-likeness (QED) is 0.668. The highest BCUT2D eigenvalue weighted by molar-refractivity contribution is 9.10. The van der Waals surface area contributed by atoms with Crippen molar-refractivity contribution in [1.82, 2.24) is 29.9 Å². The molecule has 1 unspecified atom stereocenters. The van der Waals surface area contributed by atoms with E-state index in [1.165, 1.54) is 12.8 Å². The molecule has 1 aliphatic carbocycles. The van der Waals surface area contributed by atoms with Crippen molar-refractivity contribution in [3.8, 4) is 11.3 Å². The Kier molecular flexibility index (Phi) is 4.50. The number of rotatable bonds is 4. The summed E-state index contributed by atoms with van der Waals surface area (Å²) in [5, 5.41) is 15.7. The predicted molar refractivity (Wildman–Crippen MR) is 108 cm³/mol. The van der Waals surface area contributed by atoms with Crippen molar-refractivity contribution >= 4 is 21.8 Å². The second-order valence-corrected chi connectivity index (χ2v) is 8.51. The van der Waals surface area contributed by atoms with Crippen LogP contribution in [0.2, 0.25) is 0 Å². The molecule has 1 aromatic carbocycles. The molecule has 2 fully saturated rings. The first kappa shape index (κ1) is 17.6. The van der Waals surface area contributed by atoms with Gasteiger partial charge in [-0.05, 0) is 43.9 Å². The number of benzene rings is 1. The fourth-order valence-electron chi connectivity index (χ4n) is 3.92. The average Bonchev–Trinajstić information content (AvgIpc) is 3.25. The zero-order valence-electron chi connectivity index (χ0n) is 15.4. The third-order valence-corrected chi connectivity index (χ3v) is 6.09. The van der Waals surface area contributed by atoms with Crippen LogP contribution in [0, 0.1) is 0 Å². The molecule has 7 nitrogen and oxygen atoms in total. The third-order valence-electron chi connectivity index (χ3n) is 5.56. The minimum absolute atomic E-state index is 0.00181. The highest BCUT2D eigenvalue weighted by atomic mass is 79.9. The molecule has 1 aliphatic heterocycles.